The van der Waals surface area contributed by atoms with Crippen molar-refractivity contribution in [1.82, 2.24) is 15.2 Å². The van der Waals surface area contributed by atoms with Crippen LogP contribution in [0.4, 0.5) is 0 Å². The molecule has 1 aromatic rings. The summed E-state index contributed by atoms with van der Waals surface area (Å²) in [5.41, 5.74) is 13.5. The maximum absolute atomic E-state index is 6.75. The van der Waals surface area contributed by atoms with Crippen molar-refractivity contribution in [2.24, 2.45) is 0 Å². The number of hydrogen-bond acceptors (Lipinski definition) is 2. The van der Waals surface area contributed by atoms with Crippen molar-refractivity contribution < 1.29 is 17.1 Å². The van der Waals surface area contributed by atoms with Gasteiger partial charge in [-0.05, 0) is 12.7 Å². The molecule has 1 rings (SSSR count). The molecule has 0 aliphatic heterocycles. The van der Waals surface area contributed by atoms with Crippen molar-refractivity contribution in [2.45, 2.75) is 0 Å². The Morgan fingerprint density at radius 2 is 1.56 bits per heavy atom. The summed E-state index contributed by atoms with van der Waals surface area (Å²) in [5.74, 6) is 0. The molecule has 0 aliphatic carbocycles. The standard InChI is InChI=1S/C2H2N3.Cu.N3/c1-3-2-5-4-1;;1-3-2/h1-2H;;/q-1;+2;-1. The quantitative estimate of drug-likeness (QED) is 0.244. The van der Waals surface area contributed by atoms with Gasteiger partial charge < -0.3 is 26.2 Å². The van der Waals surface area contributed by atoms with Gasteiger partial charge in [0.05, 0.1) is 0 Å². The monoisotopic (exact) mass is 173 g/mol. The molecule has 51 valence electrons. The minimum absolute atomic E-state index is 0. The van der Waals surface area contributed by atoms with Crippen molar-refractivity contribution in [2.75, 3.05) is 0 Å². The fourth-order valence-corrected chi connectivity index (χ4v) is 0.149. The van der Waals surface area contributed by atoms with E-state index in [4.69, 9.17) is 11.1 Å². The molecular weight excluding hydrogens is 172 g/mol. The average Bonchev–Trinajstić information content (AvgIpc) is 2.17. The predicted octanol–water partition coefficient (Wildman–Crippen LogP) is 0.297. The smallest absolute Gasteiger partial charge is 0.374 e. The molecule has 0 spiro atoms. The van der Waals surface area contributed by atoms with Crippen LogP contribution in [0.15, 0.2) is 12.7 Å². The third-order valence-electron chi connectivity index (χ3n) is 0.303. The Labute approximate surface area is 61.6 Å². The van der Waals surface area contributed by atoms with Crippen LogP contribution in [0.5, 0.6) is 0 Å². The normalized spacial score (nSPS) is 5.33. The fraction of sp³-hybridized carbons (Fsp3) is 0. The Kier molecular flexibility index (Phi) is 12.1. The van der Waals surface area contributed by atoms with Gasteiger partial charge in [0, 0.05) is 0 Å². The summed E-state index contributed by atoms with van der Waals surface area (Å²) in [5, 5.41) is 6.72. The first-order valence-corrected chi connectivity index (χ1v) is 1.63. The second-order valence-corrected chi connectivity index (χ2v) is 0.700. The summed E-state index contributed by atoms with van der Waals surface area (Å²) in [7, 11) is 0. The molecule has 0 amide bonds. The summed E-state index contributed by atoms with van der Waals surface area (Å²) in [6, 6.07) is 0. The Bertz CT molecular complexity index is 123. The Morgan fingerprint density at radius 3 is 1.67 bits per heavy atom. The molecule has 9 heavy (non-hydrogen) atoms. The molecule has 0 atom stereocenters. The maximum Gasteiger partial charge on any atom is 2.00 e. The summed E-state index contributed by atoms with van der Waals surface area (Å²) in [6.07, 6.45) is 2.78. The van der Waals surface area contributed by atoms with Crippen LogP contribution >= 0.6 is 0 Å². The number of nitrogens with zero attached hydrogens (tertiary/aromatic N) is 6. The number of aromatic nitrogens is 3. The molecule has 0 saturated carbocycles. The van der Waals surface area contributed by atoms with E-state index < -0.39 is 0 Å². The van der Waals surface area contributed by atoms with Gasteiger partial charge in [-0.15, -0.1) is 0 Å². The zero-order valence-corrected chi connectivity index (χ0v) is 5.08. The third kappa shape index (κ3) is 10.9. The van der Waals surface area contributed by atoms with E-state index in [-0.39, 0.29) is 17.1 Å². The van der Waals surface area contributed by atoms with Crippen LogP contribution in [-0.2, 0) is 17.1 Å². The first-order chi connectivity index (χ1) is 3.91. The van der Waals surface area contributed by atoms with Gasteiger partial charge in [-0.3, -0.25) is 4.91 Å². The second kappa shape index (κ2) is 10.1. The number of hydrogen-bond donors (Lipinski definition) is 0. The van der Waals surface area contributed by atoms with Gasteiger partial charge in [0.1, 0.15) is 0 Å². The zero-order valence-electron chi connectivity index (χ0n) is 4.14. The molecule has 1 heterocycles. The topological polar surface area (TPSA) is 98.6 Å². The molecule has 0 saturated heterocycles. The van der Waals surface area contributed by atoms with E-state index >= 15 is 0 Å². The molecule has 7 heteroatoms. The van der Waals surface area contributed by atoms with E-state index in [0.29, 0.717) is 0 Å². The van der Waals surface area contributed by atoms with Crippen molar-refractivity contribution in [3.8, 4) is 0 Å². The summed E-state index contributed by atoms with van der Waals surface area (Å²) < 4.78 is 0. The summed E-state index contributed by atoms with van der Waals surface area (Å²) in [4.78, 5) is 5.00. The Balaban J connectivity index is 0. The van der Waals surface area contributed by atoms with Crippen molar-refractivity contribution >= 4 is 0 Å². The fourth-order valence-electron chi connectivity index (χ4n) is 0.149. The van der Waals surface area contributed by atoms with Crippen LogP contribution in [0.3, 0.4) is 0 Å². The minimum Gasteiger partial charge on any atom is -0.374 e. The van der Waals surface area contributed by atoms with E-state index in [1.807, 2.05) is 0 Å². The van der Waals surface area contributed by atoms with Gasteiger partial charge in [0.25, 0.3) is 0 Å². The van der Waals surface area contributed by atoms with Crippen LogP contribution in [0.25, 0.3) is 16.0 Å². The largest absolute Gasteiger partial charge is 2.00 e. The molecule has 0 aromatic carbocycles. The second-order valence-electron chi connectivity index (χ2n) is 0.700. The molecule has 0 aliphatic rings. The molecule has 1 aromatic heterocycles. The molecule has 1 radical (unpaired) electrons. The molecule has 0 N–H and O–H groups in total. The van der Waals surface area contributed by atoms with Crippen LogP contribution in [0, 0.1) is 0 Å². The van der Waals surface area contributed by atoms with E-state index in [9.17, 15) is 0 Å². The first kappa shape index (κ1) is 10.9. The zero-order chi connectivity index (χ0) is 6.24. The van der Waals surface area contributed by atoms with E-state index in [2.05, 4.69) is 15.2 Å². The van der Waals surface area contributed by atoms with Crippen LogP contribution in [0.2, 0.25) is 0 Å². The van der Waals surface area contributed by atoms with E-state index in [1.165, 1.54) is 17.6 Å². The maximum atomic E-state index is 6.75. The van der Waals surface area contributed by atoms with Gasteiger partial charge in [-0.25, -0.2) is 0 Å². The minimum atomic E-state index is 0. The summed E-state index contributed by atoms with van der Waals surface area (Å²) in [6.45, 7) is 0. The predicted molar refractivity (Wildman–Crippen MR) is 25.4 cm³/mol. The van der Waals surface area contributed by atoms with E-state index in [1.54, 1.807) is 0 Å². The molecule has 6 nitrogen and oxygen atoms in total. The van der Waals surface area contributed by atoms with Crippen molar-refractivity contribution in [3.63, 3.8) is 0 Å². The van der Waals surface area contributed by atoms with Crippen molar-refractivity contribution in [3.05, 3.63) is 28.6 Å². The van der Waals surface area contributed by atoms with Crippen molar-refractivity contribution in [1.29, 1.82) is 0 Å². The molecular formula is C2H2CuN6. The van der Waals surface area contributed by atoms with Crippen LogP contribution < -0.4 is 4.98 Å². The molecule has 0 bridgehead atoms. The average molecular weight is 174 g/mol. The molecule has 0 unspecified atom stereocenters. The van der Waals surface area contributed by atoms with Gasteiger partial charge >= 0.3 is 17.1 Å². The Hall–Kier alpha value is -1.03. The van der Waals surface area contributed by atoms with Gasteiger partial charge in [0.2, 0.25) is 0 Å². The Morgan fingerprint density at radius 1 is 1.22 bits per heavy atom. The van der Waals surface area contributed by atoms with Crippen LogP contribution in [0.1, 0.15) is 0 Å². The van der Waals surface area contributed by atoms with E-state index in [0.717, 1.165) is 0 Å². The SMILES string of the molecule is [Cu+2].[N-]=[N+]=[N-].c1nnc[n-]1. The molecule has 0 fully saturated rings. The van der Waals surface area contributed by atoms with Gasteiger partial charge in [0.15, 0.2) is 0 Å². The number of rotatable bonds is 0. The van der Waals surface area contributed by atoms with Gasteiger partial charge in [-0.1, -0.05) is 0 Å². The summed E-state index contributed by atoms with van der Waals surface area (Å²) >= 11 is 0. The first-order valence-electron chi connectivity index (χ1n) is 1.63. The van der Waals surface area contributed by atoms with Crippen LogP contribution in [-0.4, -0.2) is 10.2 Å². The third-order valence-corrected chi connectivity index (χ3v) is 0.303. The van der Waals surface area contributed by atoms with Gasteiger partial charge in [-0.2, -0.15) is 0 Å².